The highest BCUT2D eigenvalue weighted by molar-refractivity contribution is 5.70. The van der Waals surface area contributed by atoms with E-state index in [9.17, 15) is 4.79 Å². The molecular weight excluding hydrogens is 172 g/mol. The summed E-state index contributed by atoms with van der Waals surface area (Å²) in [5.41, 5.74) is 0. The molecule has 4 heteroatoms. The minimum Gasteiger partial charge on any atom is -0.482 e. The number of rotatable bonds is 4. The number of esters is 1. The van der Waals surface area contributed by atoms with Gasteiger partial charge in [0.1, 0.15) is 5.75 Å². The molecule has 1 aromatic carbocycles. The zero-order valence-corrected chi connectivity index (χ0v) is 6.97. The van der Waals surface area contributed by atoms with Crippen molar-refractivity contribution in [3.05, 3.63) is 30.3 Å². The number of aliphatic hydroxyl groups excluding tert-OH is 1. The van der Waals surface area contributed by atoms with Crippen LogP contribution in [0.2, 0.25) is 0 Å². The van der Waals surface area contributed by atoms with Crippen LogP contribution in [0.3, 0.4) is 0 Å². The van der Waals surface area contributed by atoms with Crippen molar-refractivity contribution in [3.8, 4) is 5.75 Å². The van der Waals surface area contributed by atoms with Crippen LogP contribution >= 0.6 is 0 Å². The van der Waals surface area contributed by atoms with E-state index in [0.29, 0.717) is 5.75 Å². The van der Waals surface area contributed by atoms with E-state index in [-0.39, 0.29) is 6.61 Å². The second-order valence-electron chi connectivity index (χ2n) is 2.25. The van der Waals surface area contributed by atoms with Crippen LogP contribution in [0.4, 0.5) is 0 Å². The summed E-state index contributed by atoms with van der Waals surface area (Å²) in [6, 6.07) is 8.90. The summed E-state index contributed by atoms with van der Waals surface area (Å²) >= 11 is 0. The van der Waals surface area contributed by atoms with Gasteiger partial charge in [-0.05, 0) is 12.1 Å². The van der Waals surface area contributed by atoms with Crippen molar-refractivity contribution in [1.82, 2.24) is 0 Å². The summed E-state index contributed by atoms with van der Waals surface area (Å²) in [4.78, 5) is 10.7. The Morgan fingerprint density at radius 2 is 2.00 bits per heavy atom. The Morgan fingerprint density at radius 3 is 2.62 bits per heavy atom. The van der Waals surface area contributed by atoms with Gasteiger partial charge in [0.05, 0.1) is 0 Å². The quantitative estimate of drug-likeness (QED) is 0.546. The second kappa shape index (κ2) is 5.16. The molecule has 0 bridgehead atoms. The van der Waals surface area contributed by atoms with Gasteiger partial charge in [0.15, 0.2) is 13.4 Å². The molecule has 1 rings (SSSR count). The Kier molecular flexibility index (Phi) is 3.78. The molecule has 0 radical (unpaired) electrons. The fourth-order valence-electron chi connectivity index (χ4n) is 0.773. The fraction of sp³-hybridized carbons (Fsp3) is 0.222. The summed E-state index contributed by atoms with van der Waals surface area (Å²) < 4.78 is 9.29. The number of carbonyl (C=O) groups is 1. The minimum atomic E-state index is -0.614. The predicted molar refractivity (Wildman–Crippen MR) is 45.1 cm³/mol. The molecule has 1 aromatic rings. The maximum atomic E-state index is 10.7. The first-order valence-corrected chi connectivity index (χ1v) is 3.77. The monoisotopic (exact) mass is 182 g/mol. The Labute approximate surface area is 75.7 Å². The van der Waals surface area contributed by atoms with Gasteiger partial charge < -0.3 is 14.6 Å². The number of benzene rings is 1. The van der Waals surface area contributed by atoms with Gasteiger partial charge in [-0.3, -0.25) is 0 Å². The van der Waals surface area contributed by atoms with Crippen LogP contribution in [0, 0.1) is 0 Å². The maximum absolute atomic E-state index is 10.7. The number of hydrogen-bond acceptors (Lipinski definition) is 4. The van der Waals surface area contributed by atoms with Crippen molar-refractivity contribution in [3.63, 3.8) is 0 Å². The van der Waals surface area contributed by atoms with Crippen molar-refractivity contribution >= 4 is 5.97 Å². The molecule has 13 heavy (non-hydrogen) atoms. The maximum Gasteiger partial charge on any atom is 0.346 e. The third-order valence-corrected chi connectivity index (χ3v) is 1.33. The normalized spacial score (nSPS) is 9.31. The Morgan fingerprint density at radius 1 is 1.31 bits per heavy atom. The lowest BCUT2D eigenvalue weighted by atomic mass is 10.3. The Hall–Kier alpha value is -1.55. The molecule has 0 aromatic heterocycles. The summed E-state index contributed by atoms with van der Waals surface area (Å²) in [7, 11) is 0. The van der Waals surface area contributed by atoms with Crippen LogP contribution in [-0.4, -0.2) is 24.5 Å². The van der Waals surface area contributed by atoms with E-state index in [1.165, 1.54) is 0 Å². The largest absolute Gasteiger partial charge is 0.482 e. The lowest BCUT2D eigenvalue weighted by Gasteiger charge is -2.04. The number of aliphatic hydroxyl groups is 1. The molecule has 0 saturated heterocycles. The van der Waals surface area contributed by atoms with Crippen molar-refractivity contribution in [2.24, 2.45) is 0 Å². The van der Waals surface area contributed by atoms with Crippen LogP contribution in [0.15, 0.2) is 30.3 Å². The van der Waals surface area contributed by atoms with E-state index in [4.69, 9.17) is 9.84 Å². The molecule has 70 valence electrons. The highest BCUT2D eigenvalue weighted by atomic mass is 16.6. The van der Waals surface area contributed by atoms with Crippen LogP contribution in [0.1, 0.15) is 0 Å². The first-order valence-electron chi connectivity index (χ1n) is 3.77. The van der Waals surface area contributed by atoms with Crippen LogP contribution in [0.25, 0.3) is 0 Å². The van der Waals surface area contributed by atoms with Gasteiger partial charge in [-0.15, -0.1) is 0 Å². The first-order chi connectivity index (χ1) is 6.33. The first kappa shape index (κ1) is 9.54. The van der Waals surface area contributed by atoms with Crippen molar-refractivity contribution in [2.45, 2.75) is 0 Å². The highest BCUT2D eigenvalue weighted by Gasteiger charge is 2.01. The predicted octanol–water partition coefficient (Wildman–Crippen LogP) is 0.558. The molecule has 0 aliphatic carbocycles. The molecule has 1 N–H and O–H groups in total. The summed E-state index contributed by atoms with van der Waals surface area (Å²) in [5.74, 6) is 0.00347. The third kappa shape index (κ3) is 3.57. The molecule has 0 atom stereocenters. The Balaban J connectivity index is 2.31. The summed E-state index contributed by atoms with van der Waals surface area (Å²) in [6.45, 7) is -0.804. The molecule has 0 fully saturated rings. The highest BCUT2D eigenvalue weighted by Crippen LogP contribution is 2.07. The van der Waals surface area contributed by atoms with Gasteiger partial charge >= 0.3 is 5.97 Å². The number of hydrogen-bond donors (Lipinski definition) is 1. The van der Waals surface area contributed by atoms with Crippen LogP contribution in [0.5, 0.6) is 5.75 Å². The van der Waals surface area contributed by atoms with E-state index < -0.39 is 12.8 Å². The molecule has 0 aliphatic heterocycles. The average Bonchev–Trinajstić information content (AvgIpc) is 2.17. The topological polar surface area (TPSA) is 55.8 Å². The standard InChI is InChI=1S/C9H10O4/c10-7-13-9(11)6-12-8-4-2-1-3-5-8/h1-5,10H,6-7H2. The van der Waals surface area contributed by atoms with E-state index in [1.54, 1.807) is 24.3 Å². The smallest absolute Gasteiger partial charge is 0.346 e. The van der Waals surface area contributed by atoms with Crippen LogP contribution < -0.4 is 4.74 Å². The molecular formula is C9H10O4. The summed E-state index contributed by atoms with van der Waals surface area (Å²) in [5, 5.41) is 8.24. The van der Waals surface area contributed by atoms with Crippen molar-refractivity contribution in [2.75, 3.05) is 13.4 Å². The minimum absolute atomic E-state index is 0.190. The van der Waals surface area contributed by atoms with Crippen molar-refractivity contribution < 1.29 is 19.4 Å². The molecule has 0 aliphatic rings. The molecule has 0 heterocycles. The van der Waals surface area contributed by atoms with Crippen molar-refractivity contribution in [1.29, 1.82) is 0 Å². The van der Waals surface area contributed by atoms with Gasteiger partial charge in [0.25, 0.3) is 0 Å². The van der Waals surface area contributed by atoms with E-state index in [1.807, 2.05) is 6.07 Å². The summed E-state index contributed by atoms with van der Waals surface area (Å²) in [6.07, 6.45) is 0. The second-order valence-corrected chi connectivity index (χ2v) is 2.25. The SMILES string of the molecule is O=C(COc1ccccc1)OCO. The lowest BCUT2D eigenvalue weighted by molar-refractivity contribution is -0.154. The zero-order valence-electron chi connectivity index (χ0n) is 6.97. The van der Waals surface area contributed by atoms with Gasteiger partial charge in [-0.25, -0.2) is 4.79 Å². The van der Waals surface area contributed by atoms with Gasteiger partial charge in [0, 0.05) is 0 Å². The lowest BCUT2D eigenvalue weighted by Crippen LogP contribution is -2.15. The fourth-order valence-corrected chi connectivity index (χ4v) is 0.773. The molecule has 4 nitrogen and oxygen atoms in total. The molecule has 0 spiro atoms. The molecule has 0 saturated carbocycles. The van der Waals surface area contributed by atoms with Gasteiger partial charge in [-0.2, -0.15) is 0 Å². The molecule has 0 amide bonds. The van der Waals surface area contributed by atoms with E-state index >= 15 is 0 Å². The number of ether oxygens (including phenoxy) is 2. The Bertz CT molecular complexity index is 258. The molecule has 0 unspecified atom stereocenters. The van der Waals surface area contributed by atoms with E-state index in [0.717, 1.165) is 0 Å². The number of carbonyl (C=O) groups excluding carboxylic acids is 1. The van der Waals surface area contributed by atoms with Crippen LogP contribution in [-0.2, 0) is 9.53 Å². The average molecular weight is 182 g/mol. The van der Waals surface area contributed by atoms with Gasteiger partial charge in [-0.1, -0.05) is 18.2 Å². The number of para-hydroxylation sites is 1. The zero-order chi connectivity index (χ0) is 9.52. The third-order valence-electron chi connectivity index (χ3n) is 1.33. The van der Waals surface area contributed by atoms with Gasteiger partial charge in [0.2, 0.25) is 0 Å². The van der Waals surface area contributed by atoms with E-state index in [2.05, 4.69) is 4.74 Å².